The maximum atomic E-state index is 6.02. The smallest absolute Gasteiger partial charge is 0.186 e. The van der Waals surface area contributed by atoms with E-state index in [1.54, 1.807) is 7.11 Å². The molecule has 0 saturated carbocycles. The highest BCUT2D eigenvalue weighted by molar-refractivity contribution is 5.13. The van der Waals surface area contributed by atoms with Crippen LogP contribution in [0.25, 0.3) is 0 Å². The van der Waals surface area contributed by atoms with E-state index in [2.05, 4.69) is 0 Å². The Morgan fingerprint density at radius 3 is 2.71 bits per heavy atom. The van der Waals surface area contributed by atoms with Gasteiger partial charge in [0.05, 0.1) is 13.2 Å². The fraction of sp³-hybridized carbons (Fsp3) is 0.625. The second kappa shape index (κ2) is 6.02. The first-order valence-electron chi connectivity index (χ1n) is 7.24. The lowest BCUT2D eigenvalue weighted by Gasteiger charge is -2.38. The Morgan fingerprint density at radius 2 is 2.00 bits per heavy atom. The molecular formula is C16H22O5. The fourth-order valence-corrected chi connectivity index (χ4v) is 2.74. The van der Waals surface area contributed by atoms with Crippen LogP contribution in [0.3, 0.4) is 0 Å². The summed E-state index contributed by atoms with van der Waals surface area (Å²) in [6, 6.07) is 10.0. The molecule has 1 aromatic carbocycles. The van der Waals surface area contributed by atoms with Crippen LogP contribution in [0.15, 0.2) is 30.3 Å². The standard InChI is InChI=1S/C16H22O5/c1-16(2)19-10-12-13(21-16)14(15(17-3)20-12)18-9-11-7-5-4-6-8-11/h4-8,12-15H,9-10H2,1-3H3/t12-,13+,14+,15+/m1/s1. The van der Waals surface area contributed by atoms with Crippen molar-refractivity contribution >= 4 is 0 Å². The van der Waals surface area contributed by atoms with E-state index in [0.717, 1.165) is 5.56 Å². The third kappa shape index (κ3) is 3.27. The van der Waals surface area contributed by atoms with Gasteiger partial charge in [-0.2, -0.15) is 0 Å². The highest BCUT2D eigenvalue weighted by Gasteiger charge is 2.51. The Bertz CT molecular complexity index is 461. The fourth-order valence-electron chi connectivity index (χ4n) is 2.74. The van der Waals surface area contributed by atoms with Gasteiger partial charge in [-0.25, -0.2) is 0 Å². The summed E-state index contributed by atoms with van der Waals surface area (Å²) in [5.41, 5.74) is 1.11. The lowest BCUT2D eigenvalue weighted by molar-refractivity contribution is -0.302. The van der Waals surface area contributed by atoms with E-state index in [4.69, 9.17) is 23.7 Å². The summed E-state index contributed by atoms with van der Waals surface area (Å²) in [5.74, 6) is -0.623. The van der Waals surface area contributed by atoms with Gasteiger partial charge in [0.15, 0.2) is 12.1 Å². The Kier molecular flexibility index (Phi) is 4.28. The average molecular weight is 294 g/mol. The minimum Gasteiger partial charge on any atom is -0.365 e. The molecule has 2 aliphatic rings. The molecule has 2 aliphatic heterocycles. The Hall–Kier alpha value is -0.980. The van der Waals surface area contributed by atoms with Gasteiger partial charge in [-0.05, 0) is 19.4 Å². The molecule has 2 saturated heterocycles. The topological polar surface area (TPSA) is 46.2 Å². The van der Waals surface area contributed by atoms with Crippen molar-refractivity contribution in [3.8, 4) is 0 Å². The first kappa shape index (κ1) is 14.9. The summed E-state index contributed by atoms with van der Waals surface area (Å²) in [6.45, 7) is 4.79. The number of fused-ring (bicyclic) bond motifs is 1. The lowest BCUT2D eigenvalue weighted by atomic mass is 10.1. The third-order valence-electron chi connectivity index (χ3n) is 3.80. The number of ether oxygens (including phenoxy) is 5. The van der Waals surface area contributed by atoms with Crippen LogP contribution >= 0.6 is 0 Å². The van der Waals surface area contributed by atoms with Gasteiger partial charge in [0.1, 0.15) is 18.3 Å². The molecule has 1 aromatic rings. The normalized spacial score (nSPS) is 34.6. The quantitative estimate of drug-likeness (QED) is 0.851. The molecule has 0 unspecified atom stereocenters. The zero-order valence-corrected chi connectivity index (χ0v) is 12.7. The monoisotopic (exact) mass is 294 g/mol. The minimum absolute atomic E-state index is 0.149. The summed E-state index contributed by atoms with van der Waals surface area (Å²) in [4.78, 5) is 0. The van der Waals surface area contributed by atoms with Crippen LogP contribution in [0.2, 0.25) is 0 Å². The van der Waals surface area contributed by atoms with E-state index in [-0.39, 0.29) is 18.3 Å². The van der Waals surface area contributed by atoms with Crippen molar-refractivity contribution < 1.29 is 23.7 Å². The predicted octanol–water partition coefficient (Wildman–Crippen LogP) is 2.09. The molecule has 0 aliphatic carbocycles. The van der Waals surface area contributed by atoms with E-state index in [1.807, 2.05) is 44.2 Å². The van der Waals surface area contributed by atoms with Crippen LogP contribution in [-0.4, -0.2) is 44.1 Å². The number of benzene rings is 1. The third-order valence-corrected chi connectivity index (χ3v) is 3.80. The second-order valence-electron chi connectivity index (χ2n) is 5.83. The molecule has 5 heteroatoms. The first-order chi connectivity index (χ1) is 10.1. The summed E-state index contributed by atoms with van der Waals surface area (Å²) in [5, 5.41) is 0. The van der Waals surface area contributed by atoms with Crippen LogP contribution in [0.4, 0.5) is 0 Å². The molecule has 0 bridgehead atoms. The van der Waals surface area contributed by atoms with Crippen molar-refractivity contribution in [3.05, 3.63) is 35.9 Å². The first-order valence-corrected chi connectivity index (χ1v) is 7.24. The molecule has 2 fully saturated rings. The number of rotatable bonds is 4. The van der Waals surface area contributed by atoms with Crippen molar-refractivity contribution in [2.24, 2.45) is 0 Å². The lowest BCUT2D eigenvalue weighted by Crippen LogP contribution is -2.50. The summed E-state index contributed by atoms with van der Waals surface area (Å²) >= 11 is 0. The number of hydrogen-bond donors (Lipinski definition) is 0. The van der Waals surface area contributed by atoms with Crippen molar-refractivity contribution in [1.29, 1.82) is 0 Å². The van der Waals surface area contributed by atoms with Gasteiger partial charge < -0.3 is 23.7 Å². The second-order valence-corrected chi connectivity index (χ2v) is 5.83. The van der Waals surface area contributed by atoms with Gasteiger partial charge in [-0.3, -0.25) is 0 Å². The number of hydrogen-bond acceptors (Lipinski definition) is 5. The van der Waals surface area contributed by atoms with Gasteiger partial charge >= 0.3 is 0 Å². The van der Waals surface area contributed by atoms with Gasteiger partial charge in [0.25, 0.3) is 0 Å². The van der Waals surface area contributed by atoms with Crippen LogP contribution in [0, 0.1) is 0 Å². The van der Waals surface area contributed by atoms with Gasteiger partial charge in [-0.1, -0.05) is 30.3 Å². The highest BCUT2D eigenvalue weighted by Crippen LogP contribution is 2.35. The zero-order chi connectivity index (χ0) is 14.9. The zero-order valence-electron chi connectivity index (χ0n) is 12.7. The maximum absolute atomic E-state index is 6.02. The Balaban J connectivity index is 1.68. The van der Waals surface area contributed by atoms with Crippen LogP contribution < -0.4 is 0 Å². The molecule has 0 spiro atoms. The molecule has 0 N–H and O–H groups in total. The molecule has 0 radical (unpaired) electrons. The molecule has 5 nitrogen and oxygen atoms in total. The van der Waals surface area contributed by atoms with Crippen molar-refractivity contribution in [2.75, 3.05) is 13.7 Å². The largest absolute Gasteiger partial charge is 0.365 e. The van der Waals surface area contributed by atoms with Crippen molar-refractivity contribution in [2.45, 2.75) is 50.8 Å². The van der Waals surface area contributed by atoms with Gasteiger partial charge in [0.2, 0.25) is 0 Å². The Labute approximate surface area is 125 Å². The molecule has 0 aromatic heterocycles. The van der Waals surface area contributed by atoms with Gasteiger partial charge in [-0.15, -0.1) is 0 Å². The number of methoxy groups -OCH3 is 1. The SMILES string of the molecule is CO[C@H]1O[C@@H]2COC(C)(C)O[C@@H]2[C@@H]1OCc1ccccc1. The predicted molar refractivity (Wildman–Crippen MR) is 75.6 cm³/mol. The van der Waals surface area contributed by atoms with Crippen molar-refractivity contribution in [3.63, 3.8) is 0 Å². The van der Waals surface area contributed by atoms with E-state index < -0.39 is 12.1 Å². The minimum atomic E-state index is -0.623. The Morgan fingerprint density at radius 1 is 1.24 bits per heavy atom. The molecule has 2 heterocycles. The van der Waals surface area contributed by atoms with E-state index >= 15 is 0 Å². The van der Waals surface area contributed by atoms with Gasteiger partial charge in [0, 0.05) is 7.11 Å². The van der Waals surface area contributed by atoms with E-state index in [9.17, 15) is 0 Å². The van der Waals surface area contributed by atoms with E-state index in [0.29, 0.717) is 13.2 Å². The van der Waals surface area contributed by atoms with Crippen LogP contribution in [0.5, 0.6) is 0 Å². The molecule has 4 atom stereocenters. The van der Waals surface area contributed by atoms with Crippen molar-refractivity contribution in [1.82, 2.24) is 0 Å². The maximum Gasteiger partial charge on any atom is 0.186 e. The molecule has 21 heavy (non-hydrogen) atoms. The van der Waals surface area contributed by atoms with E-state index in [1.165, 1.54) is 0 Å². The van der Waals surface area contributed by atoms with Crippen LogP contribution in [0.1, 0.15) is 19.4 Å². The average Bonchev–Trinajstić information content (AvgIpc) is 2.82. The molecule has 0 amide bonds. The highest BCUT2D eigenvalue weighted by atomic mass is 16.8. The summed E-state index contributed by atoms with van der Waals surface area (Å²) in [7, 11) is 1.62. The molecule has 3 rings (SSSR count). The summed E-state index contributed by atoms with van der Waals surface area (Å²) in [6.07, 6.45) is -1.02. The molecular weight excluding hydrogens is 272 g/mol. The summed E-state index contributed by atoms with van der Waals surface area (Å²) < 4.78 is 28.8. The molecule has 116 valence electrons. The van der Waals surface area contributed by atoms with Crippen LogP contribution in [-0.2, 0) is 30.3 Å².